The Balaban J connectivity index is 2.36. The van der Waals surface area contributed by atoms with E-state index in [4.69, 9.17) is 0 Å². The smallest absolute Gasteiger partial charge is 0.186 e. The topological polar surface area (TPSA) is 84.7 Å². The van der Waals surface area contributed by atoms with E-state index in [9.17, 15) is 0 Å². The number of hydrogen-bond acceptors (Lipinski definition) is 5. The Morgan fingerprint density at radius 3 is 3.00 bits per heavy atom. The third-order valence-corrected chi connectivity index (χ3v) is 2.67. The Bertz CT molecular complexity index is 599. The number of aromatic amines is 1. The highest BCUT2D eigenvalue weighted by Gasteiger charge is 2.11. The average Bonchev–Trinajstić information content (AvgIpc) is 2.88. The number of nitrogens with one attached hydrogen (secondary N) is 1. The van der Waals surface area contributed by atoms with E-state index in [2.05, 4.69) is 53.1 Å². The average molecular weight is 313 g/mol. The fraction of sp³-hybridized carbons (Fsp3) is 0. The molecule has 7 nitrogen and oxygen atoms in total. The first-order chi connectivity index (χ1) is 7.36. The lowest BCUT2D eigenvalue weighted by Crippen LogP contribution is -1.99. The molecule has 0 spiro atoms. The van der Waals surface area contributed by atoms with Crippen molar-refractivity contribution in [2.45, 2.75) is 0 Å². The molecule has 0 saturated carbocycles. The number of hydrogen-bond donors (Lipinski definition) is 1. The van der Waals surface area contributed by atoms with Gasteiger partial charge in [-0.05, 0) is 22.6 Å². The van der Waals surface area contributed by atoms with Gasteiger partial charge in [-0.15, -0.1) is 0 Å². The fourth-order valence-electron chi connectivity index (χ4n) is 1.27. The van der Waals surface area contributed by atoms with Crippen molar-refractivity contribution >= 4 is 28.2 Å². The van der Waals surface area contributed by atoms with Crippen molar-refractivity contribution in [1.82, 2.24) is 35.0 Å². The van der Waals surface area contributed by atoms with Crippen LogP contribution in [0.4, 0.5) is 0 Å². The lowest BCUT2D eigenvalue weighted by Gasteiger charge is -1.97. The number of fused-ring (bicyclic) bond motifs is 1. The van der Waals surface area contributed by atoms with Gasteiger partial charge in [-0.3, -0.25) is 0 Å². The van der Waals surface area contributed by atoms with Crippen LogP contribution in [0.5, 0.6) is 0 Å². The van der Waals surface area contributed by atoms with Crippen LogP contribution in [0.1, 0.15) is 0 Å². The van der Waals surface area contributed by atoms with Crippen molar-refractivity contribution in [2.75, 3.05) is 0 Å². The van der Waals surface area contributed by atoms with Gasteiger partial charge < -0.3 is 0 Å². The monoisotopic (exact) mass is 313 g/mol. The molecular formula is C7H4IN7. The SMILES string of the molecule is Ic1cnn2c(-c3cn[nH]n3)ncnc12. The molecule has 0 aliphatic heterocycles. The van der Waals surface area contributed by atoms with Gasteiger partial charge in [-0.25, -0.2) is 9.97 Å². The summed E-state index contributed by atoms with van der Waals surface area (Å²) in [6.07, 6.45) is 4.81. The Morgan fingerprint density at radius 2 is 2.20 bits per heavy atom. The van der Waals surface area contributed by atoms with Crippen LogP contribution in [0.3, 0.4) is 0 Å². The molecule has 0 aliphatic rings. The Hall–Kier alpha value is -1.58. The molecule has 3 rings (SSSR count). The molecule has 0 atom stereocenters. The second kappa shape index (κ2) is 3.22. The van der Waals surface area contributed by atoms with Gasteiger partial charge in [0.05, 0.1) is 16.0 Å². The summed E-state index contributed by atoms with van der Waals surface area (Å²) in [6.45, 7) is 0. The van der Waals surface area contributed by atoms with Gasteiger partial charge >= 0.3 is 0 Å². The van der Waals surface area contributed by atoms with E-state index >= 15 is 0 Å². The van der Waals surface area contributed by atoms with E-state index in [1.165, 1.54) is 6.33 Å². The van der Waals surface area contributed by atoms with Crippen molar-refractivity contribution in [2.24, 2.45) is 0 Å². The zero-order chi connectivity index (χ0) is 10.3. The lowest BCUT2D eigenvalue weighted by molar-refractivity contribution is 0.886. The molecule has 0 bridgehead atoms. The van der Waals surface area contributed by atoms with Crippen LogP contribution < -0.4 is 0 Å². The summed E-state index contributed by atoms with van der Waals surface area (Å²) in [5.41, 5.74) is 1.41. The van der Waals surface area contributed by atoms with Gasteiger partial charge in [0.1, 0.15) is 12.0 Å². The summed E-state index contributed by atoms with van der Waals surface area (Å²) in [6, 6.07) is 0. The molecule has 0 aliphatic carbocycles. The van der Waals surface area contributed by atoms with E-state index < -0.39 is 0 Å². The third-order valence-electron chi connectivity index (χ3n) is 1.91. The second-order valence-corrected chi connectivity index (χ2v) is 3.94. The molecule has 8 heteroatoms. The predicted octanol–water partition coefficient (Wildman–Crippen LogP) is 0.514. The standard InChI is InChI=1S/C7H4IN7/c8-4-1-12-15-6(4)9-3-10-7(15)5-2-11-14-13-5/h1-3H,(H,11,13,14). The summed E-state index contributed by atoms with van der Waals surface area (Å²) in [7, 11) is 0. The number of aromatic nitrogens is 7. The summed E-state index contributed by atoms with van der Waals surface area (Å²) >= 11 is 2.17. The molecule has 3 heterocycles. The minimum atomic E-state index is 0.622. The third kappa shape index (κ3) is 1.28. The highest BCUT2D eigenvalue weighted by atomic mass is 127. The van der Waals surface area contributed by atoms with Crippen LogP contribution in [0.2, 0.25) is 0 Å². The van der Waals surface area contributed by atoms with E-state index in [-0.39, 0.29) is 0 Å². The maximum Gasteiger partial charge on any atom is 0.186 e. The van der Waals surface area contributed by atoms with Crippen molar-refractivity contribution < 1.29 is 0 Å². The predicted molar refractivity (Wildman–Crippen MR) is 58.9 cm³/mol. The number of rotatable bonds is 1. The maximum absolute atomic E-state index is 4.18. The summed E-state index contributed by atoms with van der Waals surface area (Å²) in [5, 5.41) is 14.4. The highest BCUT2D eigenvalue weighted by Crippen LogP contribution is 2.16. The van der Waals surface area contributed by atoms with E-state index in [0.29, 0.717) is 11.5 Å². The number of nitrogens with zero attached hydrogens (tertiary/aromatic N) is 6. The van der Waals surface area contributed by atoms with E-state index in [1.807, 2.05) is 0 Å². The summed E-state index contributed by atoms with van der Waals surface area (Å²) in [5.74, 6) is 0.622. The van der Waals surface area contributed by atoms with Crippen LogP contribution in [-0.2, 0) is 0 Å². The second-order valence-electron chi connectivity index (χ2n) is 2.78. The molecule has 3 aromatic heterocycles. The fourth-order valence-corrected chi connectivity index (χ4v) is 1.76. The zero-order valence-electron chi connectivity index (χ0n) is 7.29. The molecule has 0 radical (unpaired) electrons. The largest absolute Gasteiger partial charge is 0.216 e. The van der Waals surface area contributed by atoms with Gasteiger partial charge in [-0.2, -0.15) is 25.0 Å². The van der Waals surface area contributed by atoms with E-state index in [0.717, 1.165) is 9.22 Å². The van der Waals surface area contributed by atoms with E-state index in [1.54, 1.807) is 16.9 Å². The van der Waals surface area contributed by atoms with Crippen LogP contribution >= 0.6 is 22.6 Å². The van der Waals surface area contributed by atoms with Crippen LogP contribution in [0.15, 0.2) is 18.7 Å². The van der Waals surface area contributed by atoms with Crippen LogP contribution in [0.25, 0.3) is 17.2 Å². The molecule has 74 valence electrons. The van der Waals surface area contributed by atoms with Crippen molar-refractivity contribution in [3.63, 3.8) is 0 Å². The first-order valence-electron chi connectivity index (χ1n) is 4.06. The summed E-state index contributed by atoms with van der Waals surface area (Å²) < 4.78 is 2.61. The Morgan fingerprint density at radius 1 is 1.27 bits per heavy atom. The first-order valence-corrected chi connectivity index (χ1v) is 5.14. The van der Waals surface area contributed by atoms with Gasteiger partial charge in [0, 0.05) is 0 Å². The highest BCUT2D eigenvalue weighted by molar-refractivity contribution is 14.1. The molecule has 0 aromatic carbocycles. The Kier molecular flexibility index (Phi) is 1.87. The Labute approximate surface area is 97.1 Å². The lowest BCUT2D eigenvalue weighted by atomic mass is 10.4. The van der Waals surface area contributed by atoms with Gasteiger partial charge in [0.2, 0.25) is 0 Å². The van der Waals surface area contributed by atoms with Crippen LogP contribution in [0, 0.1) is 3.57 Å². The molecule has 0 saturated heterocycles. The van der Waals surface area contributed by atoms with Crippen molar-refractivity contribution in [3.8, 4) is 11.5 Å². The molecular weight excluding hydrogens is 309 g/mol. The molecule has 3 aromatic rings. The number of halogens is 1. The first kappa shape index (κ1) is 8.71. The maximum atomic E-state index is 4.18. The molecule has 0 unspecified atom stereocenters. The number of H-pyrrole nitrogens is 1. The minimum Gasteiger partial charge on any atom is -0.216 e. The van der Waals surface area contributed by atoms with Crippen molar-refractivity contribution in [1.29, 1.82) is 0 Å². The molecule has 0 amide bonds. The van der Waals surface area contributed by atoms with Gasteiger partial charge in [-0.1, -0.05) is 0 Å². The van der Waals surface area contributed by atoms with Gasteiger partial charge in [0.25, 0.3) is 0 Å². The molecule has 15 heavy (non-hydrogen) atoms. The quantitative estimate of drug-likeness (QED) is 0.662. The minimum absolute atomic E-state index is 0.622. The summed E-state index contributed by atoms with van der Waals surface area (Å²) in [4.78, 5) is 8.26. The molecule has 0 fully saturated rings. The van der Waals surface area contributed by atoms with Gasteiger partial charge in [0.15, 0.2) is 11.5 Å². The normalized spacial score (nSPS) is 11.0. The zero-order valence-corrected chi connectivity index (χ0v) is 9.45. The van der Waals surface area contributed by atoms with Crippen LogP contribution in [-0.4, -0.2) is 35.0 Å². The molecule has 1 N–H and O–H groups in total. The van der Waals surface area contributed by atoms with Crippen molar-refractivity contribution in [3.05, 3.63) is 22.3 Å².